The number of benzene rings is 1. The number of hydrogen-bond donors (Lipinski definition) is 1. The second kappa shape index (κ2) is 8.93. The molecule has 7 heteroatoms. The Balaban J connectivity index is 1.37. The van der Waals surface area contributed by atoms with Gasteiger partial charge in [-0.1, -0.05) is 24.3 Å². The van der Waals surface area contributed by atoms with E-state index in [-0.39, 0.29) is 11.9 Å². The highest BCUT2D eigenvalue weighted by Crippen LogP contribution is 2.17. The average Bonchev–Trinajstić information content (AvgIpc) is 3.17. The van der Waals surface area contributed by atoms with Crippen molar-refractivity contribution >= 4 is 16.9 Å². The number of pyridine rings is 1. The molecule has 4 rings (SSSR count). The van der Waals surface area contributed by atoms with E-state index < -0.39 is 0 Å². The van der Waals surface area contributed by atoms with Crippen LogP contribution in [0.15, 0.2) is 42.7 Å². The molecule has 3 aromatic rings. The first-order valence-electron chi connectivity index (χ1n) is 10.6. The minimum absolute atomic E-state index is 0.119. The van der Waals surface area contributed by atoms with E-state index in [1.54, 1.807) is 12.4 Å². The van der Waals surface area contributed by atoms with E-state index in [4.69, 9.17) is 0 Å². The van der Waals surface area contributed by atoms with Crippen LogP contribution in [0.3, 0.4) is 0 Å². The molecule has 0 spiro atoms. The molecule has 0 bridgehead atoms. The Kier molecular flexibility index (Phi) is 6.11. The molecule has 1 amide bonds. The van der Waals surface area contributed by atoms with Crippen LogP contribution < -0.4 is 5.32 Å². The summed E-state index contributed by atoms with van der Waals surface area (Å²) in [5.41, 5.74) is 3.75. The van der Waals surface area contributed by atoms with Crippen LogP contribution in [-0.2, 0) is 13.1 Å². The smallest absolute Gasteiger partial charge is 0.253 e. The molecule has 1 aliphatic rings. The first-order chi connectivity index (χ1) is 14.5. The molecule has 3 heterocycles. The normalized spacial score (nSPS) is 15.7. The zero-order valence-electron chi connectivity index (χ0n) is 18.0. The number of nitrogens with zero attached hydrogens (tertiary/aromatic N) is 5. The molecule has 0 aliphatic carbocycles. The number of carbonyl (C=O) groups is 1. The van der Waals surface area contributed by atoms with Gasteiger partial charge in [0.15, 0.2) is 5.65 Å². The Morgan fingerprint density at radius 1 is 1.10 bits per heavy atom. The van der Waals surface area contributed by atoms with E-state index in [9.17, 15) is 4.79 Å². The fraction of sp³-hybridized carbons (Fsp3) is 0.435. The fourth-order valence-corrected chi connectivity index (χ4v) is 3.83. The molecule has 1 aliphatic heterocycles. The van der Waals surface area contributed by atoms with Gasteiger partial charge in [-0.25, -0.2) is 9.67 Å². The highest BCUT2D eigenvalue weighted by Gasteiger charge is 2.14. The molecule has 30 heavy (non-hydrogen) atoms. The summed E-state index contributed by atoms with van der Waals surface area (Å²) in [6.45, 7) is 10.0. The minimum Gasteiger partial charge on any atom is -0.348 e. The first-order valence-corrected chi connectivity index (χ1v) is 10.6. The Hall–Kier alpha value is -2.77. The van der Waals surface area contributed by atoms with Crippen LogP contribution in [0.1, 0.15) is 41.4 Å². The van der Waals surface area contributed by atoms with Crippen molar-refractivity contribution in [3.05, 3.63) is 59.4 Å². The predicted octanol–water partition coefficient (Wildman–Crippen LogP) is 2.69. The first kappa shape index (κ1) is 20.5. The largest absolute Gasteiger partial charge is 0.348 e. The number of fused-ring (bicyclic) bond motifs is 1. The number of rotatable bonds is 6. The zero-order chi connectivity index (χ0) is 21.1. The van der Waals surface area contributed by atoms with E-state index in [2.05, 4.69) is 70.4 Å². The summed E-state index contributed by atoms with van der Waals surface area (Å²) < 4.78 is 1.86. The van der Waals surface area contributed by atoms with Gasteiger partial charge in [-0.3, -0.25) is 9.69 Å². The summed E-state index contributed by atoms with van der Waals surface area (Å²) >= 11 is 0. The van der Waals surface area contributed by atoms with Crippen LogP contribution >= 0.6 is 0 Å². The van der Waals surface area contributed by atoms with Gasteiger partial charge in [-0.05, 0) is 38.1 Å². The summed E-state index contributed by atoms with van der Waals surface area (Å²) in [7, 11) is 2.17. The van der Waals surface area contributed by atoms with Crippen LogP contribution in [0.2, 0.25) is 0 Å². The number of piperazine rings is 1. The maximum absolute atomic E-state index is 12.6. The maximum Gasteiger partial charge on any atom is 0.253 e. The summed E-state index contributed by atoms with van der Waals surface area (Å²) in [6, 6.07) is 10.6. The van der Waals surface area contributed by atoms with Crippen LogP contribution in [0, 0.1) is 0 Å². The average molecular weight is 407 g/mol. The third-order valence-electron chi connectivity index (χ3n) is 5.63. The second-order valence-corrected chi connectivity index (χ2v) is 8.40. The van der Waals surface area contributed by atoms with Crippen LogP contribution in [0.5, 0.6) is 0 Å². The van der Waals surface area contributed by atoms with Crippen molar-refractivity contribution in [3.8, 4) is 0 Å². The molecule has 0 saturated carbocycles. The van der Waals surface area contributed by atoms with Crippen molar-refractivity contribution in [1.82, 2.24) is 29.9 Å². The lowest BCUT2D eigenvalue weighted by molar-refractivity contribution is 0.0950. The second-order valence-electron chi connectivity index (χ2n) is 8.40. The Morgan fingerprint density at radius 2 is 1.87 bits per heavy atom. The van der Waals surface area contributed by atoms with Crippen molar-refractivity contribution in [2.24, 2.45) is 0 Å². The number of nitrogens with one attached hydrogen (secondary N) is 1. The van der Waals surface area contributed by atoms with Gasteiger partial charge in [-0.15, -0.1) is 0 Å². The highest BCUT2D eigenvalue weighted by atomic mass is 16.1. The van der Waals surface area contributed by atoms with Gasteiger partial charge in [0.2, 0.25) is 0 Å². The lowest BCUT2D eigenvalue weighted by Crippen LogP contribution is -2.43. The predicted molar refractivity (Wildman–Crippen MR) is 118 cm³/mol. The van der Waals surface area contributed by atoms with Gasteiger partial charge in [0, 0.05) is 56.9 Å². The lowest BCUT2D eigenvalue weighted by atomic mass is 10.1. The lowest BCUT2D eigenvalue weighted by Gasteiger charge is -2.32. The van der Waals surface area contributed by atoms with Crippen molar-refractivity contribution in [2.75, 3.05) is 33.2 Å². The van der Waals surface area contributed by atoms with Crippen molar-refractivity contribution in [3.63, 3.8) is 0 Å². The maximum atomic E-state index is 12.6. The molecule has 1 saturated heterocycles. The van der Waals surface area contributed by atoms with E-state index in [1.165, 1.54) is 5.56 Å². The van der Waals surface area contributed by atoms with Gasteiger partial charge in [0.05, 0.1) is 11.8 Å². The number of amides is 1. The van der Waals surface area contributed by atoms with Gasteiger partial charge in [0.25, 0.3) is 5.91 Å². The molecule has 1 fully saturated rings. The molecule has 1 aromatic carbocycles. The van der Waals surface area contributed by atoms with Gasteiger partial charge < -0.3 is 10.2 Å². The Bertz CT molecular complexity index is 1020. The molecule has 0 atom stereocenters. The minimum atomic E-state index is -0.119. The van der Waals surface area contributed by atoms with Crippen molar-refractivity contribution in [2.45, 2.75) is 33.0 Å². The Labute approximate surface area is 177 Å². The van der Waals surface area contributed by atoms with E-state index in [1.807, 2.05) is 10.7 Å². The van der Waals surface area contributed by atoms with Crippen molar-refractivity contribution in [1.29, 1.82) is 0 Å². The summed E-state index contributed by atoms with van der Waals surface area (Å²) in [5, 5.41) is 8.27. The Morgan fingerprint density at radius 3 is 2.63 bits per heavy atom. The molecule has 0 radical (unpaired) electrons. The van der Waals surface area contributed by atoms with E-state index in [0.717, 1.165) is 49.3 Å². The van der Waals surface area contributed by atoms with Crippen LogP contribution in [0.4, 0.5) is 0 Å². The topological polar surface area (TPSA) is 66.3 Å². The third kappa shape index (κ3) is 4.68. The molecule has 1 N–H and O–H groups in total. The molecule has 158 valence electrons. The molecular weight excluding hydrogens is 376 g/mol. The van der Waals surface area contributed by atoms with E-state index in [0.29, 0.717) is 12.1 Å². The number of hydrogen-bond acceptors (Lipinski definition) is 5. The van der Waals surface area contributed by atoms with Crippen molar-refractivity contribution < 1.29 is 4.79 Å². The SMILES string of the molecule is CC(C)n1ncc2cc(C(=O)NCc3cccc(CN4CCN(C)CC4)c3)cnc21. The van der Waals surface area contributed by atoms with Crippen LogP contribution in [0.25, 0.3) is 11.0 Å². The molecule has 0 unspecified atom stereocenters. The molecule has 7 nitrogen and oxygen atoms in total. The summed E-state index contributed by atoms with van der Waals surface area (Å²) in [6.07, 6.45) is 3.39. The van der Waals surface area contributed by atoms with Gasteiger partial charge >= 0.3 is 0 Å². The number of aromatic nitrogens is 3. The van der Waals surface area contributed by atoms with E-state index >= 15 is 0 Å². The highest BCUT2D eigenvalue weighted by molar-refractivity contribution is 5.96. The molecule has 2 aromatic heterocycles. The zero-order valence-corrected chi connectivity index (χ0v) is 18.0. The van der Waals surface area contributed by atoms with Gasteiger partial charge in [0.1, 0.15) is 0 Å². The summed E-state index contributed by atoms with van der Waals surface area (Å²) in [5.74, 6) is -0.119. The standard InChI is InChI=1S/C23H30N6O/c1-17(2)29-22-20(15-26-29)12-21(14-24-22)23(30)25-13-18-5-4-6-19(11-18)16-28-9-7-27(3)8-10-28/h4-6,11-12,14-15,17H,7-10,13,16H2,1-3H3,(H,25,30). The monoisotopic (exact) mass is 406 g/mol. The molecular formula is C23H30N6O. The summed E-state index contributed by atoms with van der Waals surface area (Å²) in [4.78, 5) is 21.9. The third-order valence-corrected chi connectivity index (χ3v) is 5.63. The number of carbonyl (C=O) groups excluding carboxylic acids is 1. The van der Waals surface area contributed by atoms with Gasteiger partial charge in [-0.2, -0.15) is 5.10 Å². The fourth-order valence-electron chi connectivity index (χ4n) is 3.83. The quantitative estimate of drug-likeness (QED) is 0.682. The van der Waals surface area contributed by atoms with Crippen LogP contribution in [-0.4, -0.2) is 63.7 Å². The number of likely N-dealkylation sites (N-methyl/N-ethyl adjacent to an activating group) is 1.